The van der Waals surface area contributed by atoms with Gasteiger partial charge in [0.2, 0.25) is 5.95 Å². The summed E-state index contributed by atoms with van der Waals surface area (Å²) in [4.78, 5) is 11.4. The van der Waals surface area contributed by atoms with E-state index in [1.807, 2.05) is 6.07 Å². The molecule has 0 fully saturated rings. The van der Waals surface area contributed by atoms with Crippen LogP contribution in [0.2, 0.25) is 0 Å². The number of halogens is 3. The van der Waals surface area contributed by atoms with E-state index in [1.165, 1.54) is 12.1 Å². The molecule has 0 saturated heterocycles. The van der Waals surface area contributed by atoms with Gasteiger partial charge in [-0.3, -0.25) is 0 Å². The van der Waals surface area contributed by atoms with Crippen LogP contribution in [0.25, 0.3) is 22.3 Å². The number of benzene rings is 1. The van der Waals surface area contributed by atoms with Crippen molar-refractivity contribution < 1.29 is 21.6 Å². The second kappa shape index (κ2) is 7.31. The molecule has 0 aliphatic carbocycles. The van der Waals surface area contributed by atoms with Crippen molar-refractivity contribution in [3.05, 3.63) is 65.6 Å². The molecule has 12 heteroatoms. The van der Waals surface area contributed by atoms with Crippen LogP contribution in [0.15, 0.2) is 53.8 Å². The van der Waals surface area contributed by atoms with Gasteiger partial charge in [-0.25, -0.2) is 27.3 Å². The molecule has 3 aromatic heterocycles. The number of fused-ring (bicyclic) bond motifs is 1. The van der Waals surface area contributed by atoms with Crippen LogP contribution in [-0.4, -0.2) is 27.3 Å². The summed E-state index contributed by atoms with van der Waals surface area (Å²) in [7, 11) is -4.23. The van der Waals surface area contributed by atoms with Crippen LogP contribution in [0.3, 0.4) is 0 Å². The highest BCUT2D eigenvalue weighted by molar-refractivity contribution is 7.90. The molecule has 4 aromatic rings. The number of aryl methyl sites for hydroxylation is 1. The van der Waals surface area contributed by atoms with Crippen molar-refractivity contribution in [3.63, 3.8) is 0 Å². The van der Waals surface area contributed by atoms with E-state index in [4.69, 9.17) is 5.73 Å². The fourth-order valence-electron chi connectivity index (χ4n) is 3.11. The molecule has 0 saturated carbocycles. The molecule has 1 aromatic carbocycles. The van der Waals surface area contributed by atoms with Gasteiger partial charge >= 0.3 is 6.18 Å². The van der Waals surface area contributed by atoms with Crippen molar-refractivity contribution in [2.24, 2.45) is 0 Å². The number of hydrogen-bond acceptors (Lipinski definition) is 7. The zero-order chi connectivity index (χ0) is 23.3. The first-order valence-corrected chi connectivity index (χ1v) is 10.4. The average molecular weight is 458 g/mol. The first kappa shape index (κ1) is 21.3. The topological polar surface area (TPSA) is 128 Å². The third-order valence-electron chi connectivity index (χ3n) is 4.70. The molecule has 2 N–H and O–H groups in total. The van der Waals surface area contributed by atoms with Crippen molar-refractivity contribution in [1.29, 1.82) is 5.26 Å². The Morgan fingerprint density at radius 2 is 1.81 bits per heavy atom. The van der Waals surface area contributed by atoms with E-state index in [2.05, 4.69) is 15.0 Å². The van der Waals surface area contributed by atoms with Gasteiger partial charge in [0, 0.05) is 23.3 Å². The highest BCUT2D eigenvalue weighted by Crippen LogP contribution is 2.37. The number of anilines is 1. The molecule has 0 aliphatic rings. The summed E-state index contributed by atoms with van der Waals surface area (Å²) < 4.78 is 67.4. The second-order valence-corrected chi connectivity index (χ2v) is 8.67. The Hall–Kier alpha value is -3.98. The summed E-state index contributed by atoms with van der Waals surface area (Å²) in [5.41, 5.74) is 4.83. The van der Waals surface area contributed by atoms with Crippen molar-refractivity contribution >= 4 is 27.0 Å². The first-order chi connectivity index (χ1) is 15.0. The van der Waals surface area contributed by atoms with E-state index in [1.54, 1.807) is 19.1 Å². The van der Waals surface area contributed by atoms with E-state index in [9.17, 15) is 26.9 Å². The van der Waals surface area contributed by atoms with E-state index in [0.717, 1.165) is 28.0 Å². The highest BCUT2D eigenvalue weighted by Gasteiger charge is 2.33. The maximum absolute atomic E-state index is 13.3. The summed E-state index contributed by atoms with van der Waals surface area (Å²) in [6, 6.07) is 8.54. The van der Waals surface area contributed by atoms with Crippen molar-refractivity contribution in [2.45, 2.75) is 18.0 Å². The van der Waals surface area contributed by atoms with Gasteiger partial charge in [-0.2, -0.15) is 18.4 Å². The van der Waals surface area contributed by atoms with Crippen molar-refractivity contribution in [2.75, 3.05) is 5.73 Å². The van der Waals surface area contributed by atoms with E-state index in [-0.39, 0.29) is 38.7 Å². The number of hydrogen-bond donors (Lipinski definition) is 1. The monoisotopic (exact) mass is 458 g/mol. The number of nitrogens with two attached hydrogens (primary N) is 1. The van der Waals surface area contributed by atoms with E-state index >= 15 is 0 Å². The Bertz CT molecular complexity index is 1500. The van der Waals surface area contributed by atoms with Gasteiger partial charge in [0.1, 0.15) is 6.07 Å². The molecular weight excluding hydrogens is 445 g/mol. The third-order valence-corrected chi connectivity index (χ3v) is 6.36. The van der Waals surface area contributed by atoms with Gasteiger partial charge in [-0.1, -0.05) is 17.7 Å². The van der Waals surface area contributed by atoms with Crippen LogP contribution < -0.4 is 5.73 Å². The van der Waals surface area contributed by atoms with Gasteiger partial charge in [0.25, 0.3) is 10.0 Å². The molecule has 0 atom stereocenters. The minimum atomic E-state index is -4.72. The number of alkyl halides is 3. The number of nitrogen functional groups attached to an aromatic ring is 1. The van der Waals surface area contributed by atoms with Gasteiger partial charge in [-0.15, -0.1) is 0 Å². The van der Waals surface area contributed by atoms with Crippen LogP contribution in [0.5, 0.6) is 0 Å². The second-order valence-electron chi connectivity index (χ2n) is 6.85. The molecule has 0 bridgehead atoms. The minimum absolute atomic E-state index is 0.0556. The maximum Gasteiger partial charge on any atom is 0.417 e. The molecule has 32 heavy (non-hydrogen) atoms. The first-order valence-electron chi connectivity index (χ1n) is 8.96. The van der Waals surface area contributed by atoms with E-state index < -0.39 is 21.8 Å². The van der Waals surface area contributed by atoms with Crippen molar-refractivity contribution in [1.82, 2.24) is 18.9 Å². The summed E-state index contributed by atoms with van der Waals surface area (Å²) in [6.07, 6.45) is -1.99. The number of aromatic nitrogens is 4. The van der Waals surface area contributed by atoms with Gasteiger partial charge in [0.15, 0.2) is 5.65 Å². The molecule has 3 heterocycles. The maximum atomic E-state index is 13.3. The Kier molecular flexibility index (Phi) is 4.86. The van der Waals surface area contributed by atoms with Crippen LogP contribution in [-0.2, 0) is 16.2 Å². The van der Waals surface area contributed by atoms with Crippen LogP contribution in [0.4, 0.5) is 19.1 Å². The lowest BCUT2D eigenvalue weighted by atomic mass is 10.1. The lowest BCUT2D eigenvalue weighted by molar-refractivity contribution is -0.137. The summed E-state index contributed by atoms with van der Waals surface area (Å²) in [5.74, 6) is -0.235. The zero-order valence-corrected chi connectivity index (χ0v) is 17.1. The van der Waals surface area contributed by atoms with E-state index in [0.29, 0.717) is 6.20 Å². The number of pyridine rings is 1. The van der Waals surface area contributed by atoms with Crippen LogP contribution in [0.1, 0.15) is 16.7 Å². The molecule has 162 valence electrons. The molecular formula is C20H13F3N6O2S. The SMILES string of the molecule is Cc1ccc(S(=O)(=O)n2cc(-c3nc(N)ncc3C#N)c3cc(C(F)(F)F)cnc32)cc1. The standard InChI is InChI=1S/C20H13F3N6O2S/c1-11-2-4-14(5-3-11)32(30,31)29-10-16(17-12(7-24)8-27-19(25)28-17)15-6-13(20(21,22)23)9-26-18(15)29/h2-6,8-10H,1H3,(H2,25,27,28). The number of nitrogens with zero attached hydrogens (tertiary/aromatic N) is 5. The Morgan fingerprint density at radius 1 is 1.12 bits per heavy atom. The third kappa shape index (κ3) is 3.52. The summed E-state index contributed by atoms with van der Waals surface area (Å²) in [5, 5.41) is 9.24. The lowest BCUT2D eigenvalue weighted by Gasteiger charge is -2.09. The fraction of sp³-hybridized carbons (Fsp3) is 0.100. The molecule has 0 unspecified atom stereocenters. The molecule has 8 nitrogen and oxygen atoms in total. The Labute approximate surface area is 179 Å². The fourth-order valence-corrected chi connectivity index (χ4v) is 4.44. The van der Waals surface area contributed by atoms with Gasteiger partial charge in [-0.05, 0) is 25.1 Å². The van der Waals surface area contributed by atoms with Crippen LogP contribution >= 0.6 is 0 Å². The molecule has 0 spiro atoms. The number of nitriles is 1. The molecule has 4 rings (SSSR count). The van der Waals surface area contributed by atoms with Crippen LogP contribution in [0, 0.1) is 18.3 Å². The molecule has 0 amide bonds. The summed E-state index contributed by atoms with van der Waals surface area (Å²) >= 11 is 0. The van der Waals surface area contributed by atoms with Crippen molar-refractivity contribution in [3.8, 4) is 17.3 Å². The largest absolute Gasteiger partial charge is 0.417 e. The van der Waals surface area contributed by atoms with Gasteiger partial charge in [0.05, 0.1) is 27.9 Å². The average Bonchev–Trinajstić information content (AvgIpc) is 3.13. The minimum Gasteiger partial charge on any atom is -0.368 e. The Morgan fingerprint density at radius 3 is 2.44 bits per heavy atom. The smallest absolute Gasteiger partial charge is 0.368 e. The normalized spacial score (nSPS) is 12.1. The predicted octanol–water partition coefficient (Wildman–Crippen LogP) is 3.51. The zero-order valence-electron chi connectivity index (χ0n) is 16.3. The molecule has 0 aliphatic heterocycles. The summed E-state index contributed by atoms with van der Waals surface area (Å²) in [6.45, 7) is 1.78. The molecule has 0 radical (unpaired) electrons. The van der Waals surface area contributed by atoms with Gasteiger partial charge < -0.3 is 5.73 Å². The lowest BCUT2D eigenvalue weighted by Crippen LogP contribution is -2.13. The Balaban J connectivity index is 2.08. The quantitative estimate of drug-likeness (QED) is 0.498. The predicted molar refractivity (Wildman–Crippen MR) is 109 cm³/mol. The number of rotatable bonds is 3. The highest BCUT2D eigenvalue weighted by atomic mass is 32.2.